The maximum absolute atomic E-state index is 12.2. The number of ketones is 1. The van der Waals surface area contributed by atoms with Gasteiger partial charge < -0.3 is 4.74 Å². The molecule has 0 aromatic heterocycles. The molecule has 0 aliphatic carbocycles. The first-order valence-electron chi connectivity index (χ1n) is 6.73. The quantitative estimate of drug-likeness (QED) is 0.426. The molecule has 0 aromatic rings. The van der Waals surface area contributed by atoms with Crippen LogP contribution in [0.5, 0.6) is 0 Å². The maximum atomic E-state index is 12.2. The Morgan fingerprint density at radius 3 is 2.20 bits per heavy atom. The number of piperidine rings is 1. The average molecular weight is 283 g/mol. The summed E-state index contributed by atoms with van der Waals surface area (Å²) in [6.07, 6.45) is 0.498. The molecule has 0 aromatic carbocycles. The van der Waals surface area contributed by atoms with Crippen LogP contribution in [0, 0.1) is 11.3 Å². The Morgan fingerprint density at radius 1 is 1.25 bits per heavy atom. The van der Waals surface area contributed by atoms with E-state index in [1.165, 1.54) is 13.8 Å². The van der Waals surface area contributed by atoms with E-state index in [1.54, 1.807) is 6.92 Å². The van der Waals surface area contributed by atoms with Crippen LogP contribution in [0.25, 0.3) is 0 Å². The van der Waals surface area contributed by atoms with Gasteiger partial charge >= 0.3 is 5.97 Å². The number of imide groups is 1. The van der Waals surface area contributed by atoms with Gasteiger partial charge in [0.15, 0.2) is 5.78 Å². The maximum Gasteiger partial charge on any atom is 0.319 e. The van der Waals surface area contributed by atoms with E-state index >= 15 is 0 Å². The summed E-state index contributed by atoms with van der Waals surface area (Å²) in [4.78, 5) is 48.5. The fraction of sp³-hybridized carbons (Fsp3) is 0.714. The largest absolute Gasteiger partial charge is 0.465 e. The van der Waals surface area contributed by atoms with Crippen molar-refractivity contribution in [3.63, 3.8) is 0 Å². The summed E-state index contributed by atoms with van der Waals surface area (Å²) in [6.45, 7) is 6.16. The van der Waals surface area contributed by atoms with E-state index in [4.69, 9.17) is 4.74 Å². The lowest BCUT2D eigenvalue weighted by atomic mass is 9.87. The molecule has 1 heterocycles. The van der Waals surface area contributed by atoms with Crippen molar-refractivity contribution >= 4 is 23.6 Å². The van der Waals surface area contributed by atoms with Gasteiger partial charge in [-0.3, -0.25) is 24.1 Å². The van der Waals surface area contributed by atoms with Gasteiger partial charge in [0, 0.05) is 12.8 Å². The van der Waals surface area contributed by atoms with Crippen LogP contribution in [0.1, 0.15) is 40.5 Å². The van der Waals surface area contributed by atoms with Crippen LogP contribution >= 0.6 is 0 Å². The summed E-state index contributed by atoms with van der Waals surface area (Å²) in [5.41, 5.74) is -1.36. The van der Waals surface area contributed by atoms with E-state index < -0.39 is 17.2 Å². The zero-order chi connectivity index (χ0) is 15.5. The number of nitrogens with zero attached hydrogens (tertiary/aromatic N) is 1. The lowest BCUT2D eigenvalue weighted by molar-refractivity contribution is -0.162. The molecule has 1 aliphatic heterocycles. The van der Waals surface area contributed by atoms with Gasteiger partial charge in [0.25, 0.3) is 0 Å². The zero-order valence-electron chi connectivity index (χ0n) is 12.4. The highest BCUT2D eigenvalue weighted by Crippen LogP contribution is 2.23. The molecule has 112 valence electrons. The van der Waals surface area contributed by atoms with Crippen LogP contribution < -0.4 is 0 Å². The van der Waals surface area contributed by atoms with E-state index in [9.17, 15) is 19.2 Å². The molecule has 0 atom stereocenters. The van der Waals surface area contributed by atoms with Crippen molar-refractivity contribution in [2.75, 3.05) is 13.2 Å². The number of esters is 1. The van der Waals surface area contributed by atoms with Gasteiger partial charge in [-0.1, -0.05) is 6.92 Å². The second kappa shape index (κ2) is 6.15. The Hall–Kier alpha value is -1.72. The normalized spacial score (nSPS) is 17.3. The molecule has 1 rings (SSSR count). The number of rotatable bonds is 5. The standard InChI is InChI=1S/C14H21NO5/c1-5-20-13(19)14(3,4)10(16)8-15-11(17)6-9(2)7-12(15)18/h9H,5-8H2,1-4H3. The van der Waals surface area contributed by atoms with E-state index in [0.717, 1.165) is 4.90 Å². The minimum Gasteiger partial charge on any atom is -0.465 e. The number of Topliss-reactive ketones (excluding diaryl/α,β-unsaturated/α-hetero) is 1. The predicted molar refractivity (Wildman–Crippen MR) is 70.5 cm³/mol. The molecule has 1 fully saturated rings. The monoisotopic (exact) mass is 283 g/mol. The highest BCUT2D eigenvalue weighted by atomic mass is 16.5. The van der Waals surface area contributed by atoms with Crippen molar-refractivity contribution < 1.29 is 23.9 Å². The van der Waals surface area contributed by atoms with Crippen molar-refractivity contribution in [1.82, 2.24) is 4.90 Å². The molecule has 6 heteroatoms. The second-order valence-corrected chi connectivity index (χ2v) is 5.66. The third-order valence-corrected chi connectivity index (χ3v) is 3.43. The van der Waals surface area contributed by atoms with Gasteiger partial charge in [-0.2, -0.15) is 0 Å². The lowest BCUT2D eigenvalue weighted by Crippen LogP contribution is -2.49. The number of carbonyl (C=O) groups is 4. The SMILES string of the molecule is CCOC(=O)C(C)(C)C(=O)CN1C(=O)CC(C)CC1=O. The topological polar surface area (TPSA) is 80.8 Å². The molecule has 1 aliphatic rings. The lowest BCUT2D eigenvalue weighted by Gasteiger charge is -2.30. The molecule has 0 bridgehead atoms. The summed E-state index contributed by atoms with van der Waals surface area (Å²) in [6, 6.07) is 0. The number of hydrogen-bond acceptors (Lipinski definition) is 5. The first-order chi connectivity index (χ1) is 9.20. The van der Waals surface area contributed by atoms with Gasteiger partial charge in [-0.05, 0) is 26.7 Å². The number of carbonyl (C=O) groups excluding carboxylic acids is 4. The first kappa shape index (κ1) is 16.3. The number of amides is 2. The summed E-state index contributed by atoms with van der Waals surface area (Å²) in [5, 5.41) is 0. The van der Waals surface area contributed by atoms with Gasteiger partial charge in [0.05, 0.1) is 13.2 Å². The Labute approximate surface area is 118 Å². The Kier molecular flexibility index (Phi) is 5.03. The van der Waals surface area contributed by atoms with Crippen molar-refractivity contribution in [3.05, 3.63) is 0 Å². The summed E-state index contributed by atoms with van der Waals surface area (Å²) < 4.78 is 4.84. The Balaban J connectivity index is 2.77. The highest BCUT2D eigenvalue weighted by molar-refractivity contribution is 6.08. The first-order valence-corrected chi connectivity index (χ1v) is 6.73. The molecular formula is C14H21NO5. The number of ether oxygens (including phenoxy) is 1. The van der Waals surface area contributed by atoms with E-state index in [-0.39, 0.29) is 43.7 Å². The smallest absolute Gasteiger partial charge is 0.319 e. The molecule has 0 radical (unpaired) electrons. The number of hydrogen-bond donors (Lipinski definition) is 0. The Bertz CT molecular complexity index is 423. The predicted octanol–water partition coefficient (Wildman–Crippen LogP) is 0.930. The van der Waals surface area contributed by atoms with Gasteiger partial charge in [-0.15, -0.1) is 0 Å². The molecule has 6 nitrogen and oxygen atoms in total. The van der Waals surface area contributed by atoms with Crippen LogP contribution in [0.2, 0.25) is 0 Å². The Morgan fingerprint density at radius 2 is 1.75 bits per heavy atom. The molecule has 2 amide bonds. The molecule has 20 heavy (non-hydrogen) atoms. The third-order valence-electron chi connectivity index (χ3n) is 3.43. The van der Waals surface area contributed by atoms with Crippen molar-refractivity contribution in [2.24, 2.45) is 11.3 Å². The molecule has 0 saturated carbocycles. The van der Waals surface area contributed by atoms with Crippen molar-refractivity contribution in [1.29, 1.82) is 0 Å². The summed E-state index contributed by atoms with van der Waals surface area (Å²) in [7, 11) is 0. The van der Waals surface area contributed by atoms with E-state index in [1.807, 2.05) is 6.92 Å². The molecule has 0 unspecified atom stereocenters. The van der Waals surface area contributed by atoms with E-state index in [0.29, 0.717) is 0 Å². The van der Waals surface area contributed by atoms with Gasteiger partial charge in [0.1, 0.15) is 5.41 Å². The minimum absolute atomic E-state index is 0.000538. The zero-order valence-corrected chi connectivity index (χ0v) is 12.4. The summed E-state index contributed by atoms with van der Waals surface area (Å²) in [5.74, 6) is -1.86. The average Bonchev–Trinajstić information content (AvgIpc) is 2.33. The van der Waals surface area contributed by atoms with Gasteiger partial charge in [0.2, 0.25) is 11.8 Å². The summed E-state index contributed by atoms with van der Waals surface area (Å²) >= 11 is 0. The van der Waals surface area contributed by atoms with Crippen LogP contribution in [-0.2, 0) is 23.9 Å². The molecule has 0 N–H and O–H groups in total. The fourth-order valence-corrected chi connectivity index (χ4v) is 1.97. The van der Waals surface area contributed by atoms with Crippen LogP contribution in [0.4, 0.5) is 0 Å². The van der Waals surface area contributed by atoms with Crippen LogP contribution in [-0.4, -0.2) is 41.6 Å². The van der Waals surface area contributed by atoms with Crippen LogP contribution in [0.3, 0.4) is 0 Å². The minimum atomic E-state index is -1.36. The fourth-order valence-electron chi connectivity index (χ4n) is 1.97. The van der Waals surface area contributed by atoms with E-state index in [2.05, 4.69) is 0 Å². The molecular weight excluding hydrogens is 262 g/mol. The van der Waals surface area contributed by atoms with Crippen molar-refractivity contribution in [3.8, 4) is 0 Å². The van der Waals surface area contributed by atoms with Gasteiger partial charge in [-0.25, -0.2) is 0 Å². The third kappa shape index (κ3) is 3.43. The van der Waals surface area contributed by atoms with Crippen molar-refractivity contribution in [2.45, 2.75) is 40.5 Å². The highest BCUT2D eigenvalue weighted by Gasteiger charge is 2.40. The number of likely N-dealkylation sites (tertiary alicyclic amines) is 1. The second-order valence-electron chi connectivity index (χ2n) is 5.66. The van der Waals surface area contributed by atoms with Crippen LogP contribution in [0.15, 0.2) is 0 Å². The molecule has 1 saturated heterocycles. The molecule has 0 spiro atoms.